The van der Waals surface area contributed by atoms with Crippen LogP contribution in [0.3, 0.4) is 0 Å². The third-order valence-electron chi connectivity index (χ3n) is 4.40. The van der Waals surface area contributed by atoms with Crippen molar-refractivity contribution in [2.24, 2.45) is 0 Å². The maximum absolute atomic E-state index is 13.2. The normalized spacial score (nSPS) is 11.2. The summed E-state index contributed by atoms with van der Waals surface area (Å²) in [5.74, 6) is 2.43. The van der Waals surface area contributed by atoms with E-state index < -0.39 is 0 Å². The molecule has 7 nitrogen and oxygen atoms in total. The van der Waals surface area contributed by atoms with Crippen LogP contribution in [-0.4, -0.2) is 33.4 Å². The molecule has 0 aliphatic carbocycles. The van der Waals surface area contributed by atoms with Gasteiger partial charge in [-0.3, -0.25) is 9.20 Å². The second-order valence-corrected chi connectivity index (χ2v) is 5.83. The molecule has 0 aliphatic rings. The van der Waals surface area contributed by atoms with E-state index in [0.717, 1.165) is 11.3 Å². The first kappa shape index (κ1) is 16.1. The van der Waals surface area contributed by atoms with E-state index in [9.17, 15) is 4.79 Å². The topological polar surface area (TPSA) is 70.7 Å². The van der Waals surface area contributed by atoms with Crippen LogP contribution in [0.1, 0.15) is 12.7 Å². The minimum absolute atomic E-state index is 0.168. The summed E-state index contributed by atoms with van der Waals surface area (Å²) in [6, 6.07) is 12.8. The van der Waals surface area contributed by atoms with Gasteiger partial charge in [-0.05, 0) is 12.1 Å². The van der Waals surface area contributed by atoms with Crippen molar-refractivity contribution in [2.45, 2.75) is 13.3 Å². The highest BCUT2D eigenvalue weighted by Gasteiger charge is 2.17. The zero-order valence-corrected chi connectivity index (χ0v) is 14.8. The Morgan fingerprint density at radius 3 is 2.35 bits per heavy atom. The highest BCUT2D eigenvalue weighted by molar-refractivity contribution is 5.81. The van der Waals surface area contributed by atoms with Gasteiger partial charge < -0.3 is 9.47 Å². The molecule has 0 spiro atoms. The molecule has 7 heteroatoms. The van der Waals surface area contributed by atoms with Crippen LogP contribution in [0.5, 0.6) is 11.5 Å². The summed E-state index contributed by atoms with van der Waals surface area (Å²) < 4.78 is 14.2. The van der Waals surface area contributed by atoms with E-state index in [-0.39, 0.29) is 5.56 Å². The van der Waals surface area contributed by atoms with Gasteiger partial charge in [-0.15, -0.1) is 10.2 Å². The molecule has 0 radical (unpaired) electrons. The van der Waals surface area contributed by atoms with E-state index in [4.69, 9.17) is 9.47 Å². The number of fused-ring (bicyclic) bond motifs is 3. The number of rotatable bonds is 4. The minimum Gasteiger partial charge on any atom is -0.497 e. The molecule has 0 saturated heterocycles. The second-order valence-electron chi connectivity index (χ2n) is 5.83. The van der Waals surface area contributed by atoms with Crippen molar-refractivity contribution in [3.05, 3.63) is 58.6 Å². The zero-order chi connectivity index (χ0) is 18.3. The van der Waals surface area contributed by atoms with Crippen LogP contribution in [0.4, 0.5) is 0 Å². The number of nitrogens with zero attached hydrogens (tertiary/aromatic N) is 4. The predicted molar refractivity (Wildman–Crippen MR) is 98.6 cm³/mol. The summed E-state index contributed by atoms with van der Waals surface area (Å²) in [6.07, 6.45) is 0.699. The number of methoxy groups -OCH3 is 2. The van der Waals surface area contributed by atoms with Crippen molar-refractivity contribution < 1.29 is 9.47 Å². The molecule has 0 saturated carbocycles. The summed E-state index contributed by atoms with van der Waals surface area (Å²) in [7, 11) is 3.15. The van der Waals surface area contributed by atoms with Crippen LogP contribution in [0.2, 0.25) is 0 Å². The van der Waals surface area contributed by atoms with Crippen LogP contribution in [0, 0.1) is 0 Å². The van der Waals surface area contributed by atoms with Crippen LogP contribution >= 0.6 is 0 Å². The van der Waals surface area contributed by atoms with Gasteiger partial charge in [0.2, 0.25) is 5.78 Å². The van der Waals surface area contributed by atoms with E-state index in [1.807, 2.05) is 35.6 Å². The van der Waals surface area contributed by atoms with Crippen molar-refractivity contribution in [2.75, 3.05) is 14.2 Å². The first-order valence-electron chi connectivity index (χ1n) is 8.29. The summed E-state index contributed by atoms with van der Waals surface area (Å²) >= 11 is 0. The molecule has 0 N–H and O–H groups in total. The molecule has 0 amide bonds. The number of ether oxygens (including phenoxy) is 2. The SMILES string of the molecule is CCc1nnc2n(-c3cc(OC)cc(OC)c3)c(=O)c3ccccc3n12. The van der Waals surface area contributed by atoms with Crippen molar-refractivity contribution in [1.29, 1.82) is 0 Å². The van der Waals surface area contributed by atoms with E-state index in [1.54, 1.807) is 37.0 Å². The minimum atomic E-state index is -0.168. The summed E-state index contributed by atoms with van der Waals surface area (Å²) in [4.78, 5) is 13.2. The Kier molecular flexibility index (Phi) is 3.84. The van der Waals surface area contributed by atoms with Gasteiger partial charge in [0.05, 0.1) is 30.8 Å². The van der Waals surface area contributed by atoms with E-state index in [0.29, 0.717) is 34.8 Å². The quantitative estimate of drug-likeness (QED) is 0.566. The fourth-order valence-corrected chi connectivity index (χ4v) is 3.14. The Bertz CT molecular complexity index is 1150. The molecule has 0 atom stereocenters. The van der Waals surface area contributed by atoms with E-state index >= 15 is 0 Å². The standard InChI is InChI=1S/C19H18N4O3/c1-4-17-20-21-19-22(12-9-13(25-2)11-14(10-12)26-3)18(24)15-7-5-6-8-16(15)23(17)19/h5-11H,4H2,1-3H3. The molecule has 2 heterocycles. The van der Waals surface area contributed by atoms with E-state index in [1.165, 1.54) is 0 Å². The van der Waals surface area contributed by atoms with Crippen LogP contribution < -0.4 is 15.0 Å². The fourth-order valence-electron chi connectivity index (χ4n) is 3.14. The lowest BCUT2D eigenvalue weighted by Crippen LogP contribution is -2.22. The van der Waals surface area contributed by atoms with Gasteiger partial charge in [-0.1, -0.05) is 19.1 Å². The molecule has 0 fully saturated rings. The van der Waals surface area contributed by atoms with Crippen LogP contribution in [0.15, 0.2) is 47.3 Å². The highest BCUT2D eigenvalue weighted by Crippen LogP contribution is 2.26. The third kappa shape index (κ3) is 2.32. The Morgan fingerprint density at radius 2 is 1.69 bits per heavy atom. The van der Waals surface area contributed by atoms with Gasteiger partial charge in [-0.25, -0.2) is 4.57 Å². The van der Waals surface area contributed by atoms with Gasteiger partial charge in [-0.2, -0.15) is 0 Å². The second kappa shape index (κ2) is 6.18. The average molecular weight is 350 g/mol. The average Bonchev–Trinajstić information content (AvgIpc) is 3.11. The Balaban J connectivity index is 2.18. The molecule has 4 aromatic rings. The Hall–Kier alpha value is -3.35. The lowest BCUT2D eigenvalue weighted by Gasteiger charge is -2.13. The Morgan fingerprint density at radius 1 is 1.00 bits per heavy atom. The number of hydrogen-bond acceptors (Lipinski definition) is 5. The summed E-state index contributed by atoms with van der Waals surface area (Å²) in [6.45, 7) is 2.01. The third-order valence-corrected chi connectivity index (χ3v) is 4.40. The maximum Gasteiger partial charge on any atom is 0.267 e. The molecule has 132 valence electrons. The number of aryl methyl sites for hydroxylation is 1. The van der Waals surface area contributed by atoms with Gasteiger partial charge in [0.15, 0.2) is 0 Å². The summed E-state index contributed by atoms with van der Waals surface area (Å²) in [5.41, 5.74) is 1.23. The molecule has 0 unspecified atom stereocenters. The number of benzene rings is 2. The van der Waals surface area contributed by atoms with Gasteiger partial charge in [0, 0.05) is 24.6 Å². The first-order chi connectivity index (χ1) is 12.7. The van der Waals surface area contributed by atoms with Gasteiger partial charge >= 0.3 is 0 Å². The molecule has 4 rings (SSSR count). The Labute approximate surface area is 149 Å². The first-order valence-corrected chi connectivity index (χ1v) is 8.29. The molecule has 0 bridgehead atoms. The molecule has 2 aromatic carbocycles. The van der Waals surface area contributed by atoms with Crippen molar-refractivity contribution >= 4 is 16.7 Å². The molecule has 26 heavy (non-hydrogen) atoms. The lowest BCUT2D eigenvalue weighted by molar-refractivity contribution is 0.394. The number of para-hydroxylation sites is 1. The van der Waals surface area contributed by atoms with Gasteiger partial charge in [0.1, 0.15) is 17.3 Å². The lowest BCUT2D eigenvalue weighted by atomic mass is 10.2. The van der Waals surface area contributed by atoms with E-state index in [2.05, 4.69) is 10.2 Å². The molecule has 0 aliphatic heterocycles. The fraction of sp³-hybridized carbons (Fsp3) is 0.211. The molecular formula is C19H18N4O3. The number of aromatic nitrogens is 4. The van der Waals surface area contributed by atoms with Gasteiger partial charge in [0.25, 0.3) is 5.56 Å². The monoisotopic (exact) mass is 350 g/mol. The van der Waals surface area contributed by atoms with Crippen molar-refractivity contribution in [1.82, 2.24) is 19.2 Å². The largest absolute Gasteiger partial charge is 0.497 e. The maximum atomic E-state index is 13.2. The highest BCUT2D eigenvalue weighted by atomic mass is 16.5. The smallest absolute Gasteiger partial charge is 0.267 e. The number of hydrogen-bond donors (Lipinski definition) is 0. The van der Waals surface area contributed by atoms with Crippen LogP contribution in [-0.2, 0) is 6.42 Å². The molecular weight excluding hydrogens is 332 g/mol. The molecule has 2 aromatic heterocycles. The zero-order valence-electron chi connectivity index (χ0n) is 14.8. The van der Waals surface area contributed by atoms with Crippen molar-refractivity contribution in [3.63, 3.8) is 0 Å². The van der Waals surface area contributed by atoms with Crippen LogP contribution in [0.25, 0.3) is 22.4 Å². The van der Waals surface area contributed by atoms with Crippen molar-refractivity contribution in [3.8, 4) is 17.2 Å². The summed E-state index contributed by atoms with van der Waals surface area (Å²) in [5, 5.41) is 9.14. The predicted octanol–water partition coefficient (Wildman–Crippen LogP) is 2.61.